The van der Waals surface area contributed by atoms with Gasteiger partial charge in [-0.3, -0.25) is 4.72 Å². The SMILES string of the molecule is Cc1ncc(CNc2ccc(NS(C)(=O)=O)cc2)s1. The van der Waals surface area contributed by atoms with Gasteiger partial charge in [-0.05, 0) is 31.2 Å². The monoisotopic (exact) mass is 297 g/mol. The fourth-order valence-electron chi connectivity index (χ4n) is 1.55. The molecule has 102 valence electrons. The number of sulfonamides is 1. The predicted octanol–water partition coefficient (Wildman–Crippen LogP) is 2.44. The Labute approximate surface area is 116 Å². The summed E-state index contributed by atoms with van der Waals surface area (Å²) in [7, 11) is -3.22. The van der Waals surface area contributed by atoms with E-state index in [0.717, 1.165) is 21.8 Å². The van der Waals surface area contributed by atoms with Gasteiger partial charge in [-0.2, -0.15) is 0 Å². The molecule has 0 unspecified atom stereocenters. The number of aromatic nitrogens is 1. The van der Waals surface area contributed by atoms with E-state index in [0.29, 0.717) is 12.2 Å². The van der Waals surface area contributed by atoms with Gasteiger partial charge < -0.3 is 5.32 Å². The standard InChI is InChI=1S/C12H15N3O2S2/c1-9-13-7-12(18-9)8-14-10-3-5-11(6-4-10)15-19(2,16)17/h3-7,14-15H,8H2,1-2H3. The Kier molecular flexibility index (Phi) is 4.06. The summed E-state index contributed by atoms with van der Waals surface area (Å²) < 4.78 is 24.6. The highest BCUT2D eigenvalue weighted by Gasteiger charge is 2.02. The summed E-state index contributed by atoms with van der Waals surface area (Å²) in [6, 6.07) is 7.12. The summed E-state index contributed by atoms with van der Waals surface area (Å²) in [5, 5.41) is 4.30. The van der Waals surface area contributed by atoms with Crippen LogP contribution in [0.3, 0.4) is 0 Å². The molecule has 1 heterocycles. The first-order chi connectivity index (χ1) is 8.92. The Hall–Kier alpha value is -1.60. The van der Waals surface area contributed by atoms with Crippen LogP contribution in [0.25, 0.3) is 0 Å². The highest BCUT2D eigenvalue weighted by atomic mass is 32.2. The minimum atomic E-state index is -3.22. The van der Waals surface area contributed by atoms with E-state index < -0.39 is 10.0 Å². The number of rotatable bonds is 5. The normalized spacial score (nSPS) is 11.3. The van der Waals surface area contributed by atoms with Crippen molar-refractivity contribution >= 4 is 32.7 Å². The van der Waals surface area contributed by atoms with Crippen LogP contribution >= 0.6 is 11.3 Å². The van der Waals surface area contributed by atoms with Gasteiger partial charge >= 0.3 is 0 Å². The van der Waals surface area contributed by atoms with Gasteiger partial charge in [-0.1, -0.05) is 0 Å². The molecule has 0 radical (unpaired) electrons. The molecule has 0 saturated carbocycles. The lowest BCUT2D eigenvalue weighted by atomic mass is 10.3. The molecule has 5 nitrogen and oxygen atoms in total. The first-order valence-electron chi connectivity index (χ1n) is 5.65. The van der Waals surface area contributed by atoms with Crippen LogP contribution in [0.2, 0.25) is 0 Å². The van der Waals surface area contributed by atoms with Gasteiger partial charge in [-0.15, -0.1) is 11.3 Å². The second-order valence-electron chi connectivity index (χ2n) is 4.15. The fourth-order valence-corrected chi connectivity index (χ4v) is 2.85. The zero-order chi connectivity index (χ0) is 13.9. The zero-order valence-corrected chi connectivity index (χ0v) is 12.3. The van der Waals surface area contributed by atoms with Crippen LogP contribution in [0.1, 0.15) is 9.88 Å². The topological polar surface area (TPSA) is 71.1 Å². The van der Waals surface area contributed by atoms with E-state index in [1.807, 2.05) is 25.3 Å². The third-order valence-corrected chi connectivity index (χ3v) is 3.84. The van der Waals surface area contributed by atoms with Gasteiger partial charge in [0, 0.05) is 22.4 Å². The fraction of sp³-hybridized carbons (Fsp3) is 0.250. The molecule has 7 heteroatoms. The molecule has 0 atom stereocenters. The smallest absolute Gasteiger partial charge is 0.229 e. The van der Waals surface area contributed by atoms with Crippen molar-refractivity contribution in [2.24, 2.45) is 0 Å². The number of hydrogen-bond acceptors (Lipinski definition) is 5. The summed E-state index contributed by atoms with van der Waals surface area (Å²) in [6.07, 6.45) is 2.98. The van der Waals surface area contributed by atoms with E-state index in [4.69, 9.17) is 0 Å². The quantitative estimate of drug-likeness (QED) is 0.889. The van der Waals surface area contributed by atoms with Crippen LogP contribution in [0.5, 0.6) is 0 Å². The maximum absolute atomic E-state index is 11.1. The molecule has 1 aromatic heterocycles. The number of thiazole rings is 1. The molecule has 0 spiro atoms. The minimum absolute atomic E-state index is 0.557. The van der Waals surface area contributed by atoms with E-state index in [-0.39, 0.29) is 0 Å². The summed E-state index contributed by atoms with van der Waals surface area (Å²) in [5.74, 6) is 0. The predicted molar refractivity (Wildman–Crippen MR) is 79.1 cm³/mol. The molecule has 0 aliphatic heterocycles. The number of nitrogens with zero attached hydrogens (tertiary/aromatic N) is 1. The van der Waals surface area contributed by atoms with Gasteiger partial charge in [-0.25, -0.2) is 13.4 Å². The Morgan fingerprint density at radius 1 is 1.21 bits per heavy atom. The molecule has 0 fully saturated rings. The van der Waals surface area contributed by atoms with Crippen molar-refractivity contribution in [3.63, 3.8) is 0 Å². The molecule has 19 heavy (non-hydrogen) atoms. The highest BCUT2D eigenvalue weighted by molar-refractivity contribution is 7.92. The molecule has 0 aliphatic carbocycles. The molecular formula is C12H15N3O2S2. The van der Waals surface area contributed by atoms with Crippen molar-refractivity contribution < 1.29 is 8.42 Å². The van der Waals surface area contributed by atoms with Crippen LogP contribution in [-0.2, 0) is 16.6 Å². The molecule has 0 bridgehead atoms. The number of hydrogen-bond donors (Lipinski definition) is 2. The summed E-state index contributed by atoms with van der Waals surface area (Å²) in [4.78, 5) is 5.35. The Balaban J connectivity index is 1.95. The van der Waals surface area contributed by atoms with E-state index in [1.165, 1.54) is 0 Å². The average Bonchev–Trinajstić information content (AvgIpc) is 2.72. The Morgan fingerprint density at radius 3 is 2.37 bits per heavy atom. The van der Waals surface area contributed by atoms with Gasteiger partial charge in [0.1, 0.15) is 0 Å². The third kappa shape index (κ3) is 4.53. The van der Waals surface area contributed by atoms with Crippen molar-refractivity contribution in [1.29, 1.82) is 0 Å². The van der Waals surface area contributed by atoms with Gasteiger partial charge in [0.2, 0.25) is 10.0 Å². The third-order valence-electron chi connectivity index (χ3n) is 2.32. The summed E-state index contributed by atoms with van der Waals surface area (Å²) in [5.41, 5.74) is 1.49. The lowest BCUT2D eigenvalue weighted by Gasteiger charge is -2.07. The van der Waals surface area contributed by atoms with Crippen molar-refractivity contribution in [1.82, 2.24) is 4.98 Å². The largest absolute Gasteiger partial charge is 0.380 e. The molecule has 2 rings (SSSR count). The molecule has 1 aromatic carbocycles. The summed E-state index contributed by atoms with van der Waals surface area (Å²) >= 11 is 1.65. The van der Waals surface area contributed by atoms with Crippen molar-refractivity contribution in [3.05, 3.63) is 40.3 Å². The van der Waals surface area contributed by atoms with Crippen LogP contribution in [-0.4, -0.2) is 19.7 Å². The maximum atomic E-state index is 11.1. The average molecular weight is 297 g/mol. The first-order valence-corrected chi connectivity index (χ1v) is 8.36. The van der Waals surface area contributed by atoms with Crippen LogP contribution in [0.4, 0.5) is 11.4 Å². The highest BCUT2D eigenvalue weighted by Crippen LogP contribution is 2.17. The molecule has 0 aliphatic rings. The number of aryl methyl sites for hydroxylation is 1. The van der Waals surface area contributed by atoms with E-state index in [9.17, 15) is 8.42 Å². The van der Waals surface area contributed by atoms with Crippen molar-refractivity contribution in [3.8, 4) is 0 Å². The number of nitrogens with one attached hydrogen (secondary N) is 2. The van der Waals surface area contributed by atoms with E-state index >= 15 is 0 Å². The second kappa shape index (κ2) is 5.58. The van der Waals surface area contributed by atoms with Crippen molar-refractivity contribution in [2.75, 3.05) is 16.3 Å². The molecular weight excluding hydrogens is 282 g/mol. The zero-order valence-electron chi connectivity index (χ0n) is 10.7. The Morgan fingerprint density at radius 2 is 1.84 bits per heavy atom. The van der Waals surface area contributed by atoms with Gasteiger partial charge in [0.05, 0.1) is 17.8 Å². The van der Waals surface area contributed by atoms with Crippen LogP contribution in [0, 0.1) is 6.92 Å². The molecule has 2 aromatic rings. The van der Waals surface area contributed by atoms with E-state index in [2.05, 4.69) is 15.0 Å². The Bertz CT molecular complexity index is 648. The van der Waals surface area contributed by atoms with Crippen LogP contribution < -0.4 is 10.0 Å². The van der Waals surface area contributed by atoms with Gasteiger partial charge in [0.15, 0.2) is 0 Å². The molecule has 2 N–H and O–H groups in total. The lowest BCUT2D eigenvalue weighted by Crippen LogP contribution is -2.09. The first kappa shape index (κ1) is 13.8. The second-order valence-corrected chi connectivity index (χ2v) is 7.22. The molecule has 0 saturated heterocycles. The van der Waals surface area contributed by atoms with Gasteiger partial charge in [0.25, 0.3) is 0 Å². The number of benzene rings is 1. The molecule has 0 amide bonds. The van der Waals surface area contributed by atoms with Crippen LogP contribution in [0.15, 0.2) is 30.5 Å². The minimum Gasteiger partial charge on any atom is -0.380 e. The summed E-state index contributed by atoms with van der Waals surface area (Å²) in [6.45, 7) is 2.68. The maximum Gasteiger partial charge on any atom is 0.229 e. The number of anilines is 2. The lowest BCUT2D eigenvalue weighted by molar-refractivity contribution is 0.607. The van der Waals surface area contributed by atoms with E-state index in [1.54, 1.807) is 23.5 Å². The van der Waals surface area contributed by atoms with Crippen molar-refractivity contribution in [2.45, 2.75) is 13.5 Å².